The Morgan fingerprint density at radius 2 is 1.84 bits per heavy atom. The minimum atomic E-state index is -5.22. The van der Waals surface area contributed by atoms with Gasteiger partial charge in [-0.3, -0.25) is 14.9 Å². The fourth-order valence-electron chi connectivity index (χ4n) is 4.20. The van der Waals surface area contributed by atoms with Crippen LogP contribution in [0.2, 0.25) is 10.0 Å². The Bertz CT molecular complexity index is 1030. The second-order valence-electron chi connectivity index (χ2n) is 7.74. The first kappa shape index (κ1) is 23.5. The van der Waals surface area contributed by atoms with E-state index in [4.69, 9.17) is 23.2 Å². The van der Waals surface area contributed by atoms with Crippen LogP contribution in [0.5, 0.6) is 0 Å². The van der Waals surface area contributed by atoms with Gasteiger partial charge in [-0.2, -0.15) is 13.2 Å². The summed E-state index contributed by atoms with van der Waals surface area (Å²) >= 11 is 11.4. The van der Waals surface area contributed by atoms with Crippen LogP contribution in [0.4, 0.5) is 17.6 Å². The molecule has 2 aromatic rings. The summed E-state index contributed by atoms with van der Waals surface area (Å²) in [4.78, 5) is 23.3. The van der Waals surface area contributed by atoms with Gasteiger partial charge in [0.1, 0.15) is 0 Å². The van der Waals surface area contributed by atoms with E-state index in [9.17, 15) is 32.5 Å². The predicted octanol–water partition coefficient (Wildman–Crippen LogP) is 6.53. The zero-order chi connectivity index (χ0) is 23.1. The molecule has 2 unspecified atom stereocenters. The number of nitrogens with zero attached hydrogens (tertiary/aromatic N) is 1. The summed E-state index contributed by atoms with van der Waals surface area (Å²) in [6, 6.07) is 6.11. The lowest BCUT2D eigenvalue weighted by atomic mass is 9.74. The molecule has 10 heteroatoms. The van der Waals surface area contributed by atoms with Gasteiger partial charge in [0.2, 0.25) is 6.54 Å². The molecule has 1 aliphatic rings. The minimum Gasteiger partial charge on any atom is -0.294 e. The molecule has 2 aromatic carbocycles. The number of alkyl halides is 3. The number of ketones is 1. The quantitative estimate of drug-likeness (QED) is 0.156. The molecular formula is C21H17Cl2F4NO3. The summed E-state index contributed by atoms with van der Waals surface area (Å²) in [7, 11) is 0. The maximum atomic E-state index is 14.4. The molecule has 0 amide bonds. The number of halogens is 6. The fraction of sp³-hybridized carbons (Fsp3) is 0.381. The van der Waals surface area contributed by atoms with Crippen LogP contribution >= 0.6 is 23.2 Å². The van der Waals surface area contributed by atoms with E-state index < -0.39 is 56.7 Å². The van der Waals surface area contributed by atoms with Crippen molar-refractivity contribution >= 4 is 29.0 Å². The largest absolute Gasteiger partial charge is 0.405 e. The lowest BCUT2D eigenvalue weighted by Gasteiger charge is -2.33. The number of Topliss-reactive ketones (excluding diaryl/α,β-unsaturated/α-hetero) is 1. The van der Waals surface area contributed by atoms with Gasteiger partial charge in [-0.05, 0) is 47.6 Å². The van der Waals surface area contributed by atoms with Gasteiger partial charge in [0.25, 0.3) is 0 Å². The SMILES string of the molecule is CC1CCc2cccc(C(=O)CC(C[N+](=O)[O-])(c3cc(Cl)c(F)c(Cl)c3)C(F)(F)F)c21. The molecule has 0 fully saturated rings. The lowest BCUT2D eigenvalue weighted by molar-refractivity contribution is -0.501. The van der Waals surface area contributed by atoms with Crippen molar-refractivity contribution in [3.05, 3.63) is 78.6 Å². The molecule has 3 rings (SSSR count). The highest BCUT2D eigenvalue weighted by Gasteiger charge is 2.61. The molecule has 0 aromatic heterocycles. The number of hydrogen-bond acceptors (Lipinski definition) is 3. The number of carbonyl (C=O) groups is 1. The standard InChI is InChI=1S/C21H17Cl2F4NO3/c1-11-5-6-12-3-2-4-14(18(11)12)17(29)9-20(10-28(30)31,21(25,26)27)13-7-15(22)19(24)16(23)8-13/h2-4,7-8,11H,5-6,9-10H2,1H3. The zero-order valence-corrected chi connectivity index (χ0v) is 17.7. The molecule has 0 heterocycles. The highest BCUT2D eigenvalue weighted by atomic mass is 35.5. The number of nitro groups is 1. The van der Waals surface area contributed by atoms with E-state index in [-0.39, 0.29) is 11.5 Å². The molecule has 0 radical (unpaired) electrons. The van der Waals surface area contributed by atoms with Crippen molar-refractivity contribution in [2.24, 2.45) is 0 Å². The van der Waals surface area contributed by atoms with Crippen molar-refractivity contribution in [3.8, 4) is 0 Å². The third-order valence-electron chi connectivity index (χ3n) is 5.78. The number of benzene rings is 2. The molecule has 0 saturated carbocycles. The van der Waals surface area contributed by atoms with Crippen LogP contribution in [0, 0.1) is 15.9 Å². The van der Waals surface area contributed by atoms with Crippen molar-refractivity contribution in [2.45, 2.75) is 43.7 Å². The van der Waals surface area contributed by atoms with Crippen molar-refractivity contribution in [3.63, 3.8) is 0 Å². The van der Waals surface area contributed by atoms with Gasteiger partial charge in [-0.1, -0.05) is 48.3 Å². The predicted molar refractivity (Wildman–Crippen MR) is 108 cm³/mol. The normalized spacial score (nSPS) is 17.8. The molecule has 2 atom stereocenters. The second kappa shape index (κ2) is 8.39. The summed E-state index contributed by atoms with van der Waals surface area (Å²) in [6.07, 6.45) is -5.01. The zero-order valence-electron chi connectivity index (χ0n) is 16.2. The van der Waals surface area contributed by atoms with E-state index in [0.717, 1.165) is 12.0 Å². The van der Waals surface area contributed by atoms with Gasteiger partial charge in [0, 0.05) is 16.9 Å². The number of rotatable bonds is 6. The summed E-state index contributed by atoms with van der Waals surface area (Å²) in [5, 5.41) is 9.84. The van der Waals surface area contributed by atoms with Gasteiger partial charge in [0.05, 0.1) is 10.0 Å². The van der Waals surface area contributed by atoms with E-state index >= 15 is 0 Å². The van der Waals surface area contributed by atoms with E-state index in [2.05, 4.69) is 0 Å². The summed E-state index contributed by atoms with van der Waals surface area (Å²) in [5.41, 5.74) is -2.32. The number of aryl methyl sites for hydroxylation is 1. The molecule has 0 N–H and O–H groups in total. The van der Waals surface area contributed by atoms with Crippen LogP contribution in [-0.2, 0) is 11.8 Å². The fourth-order valence-corrected chi connectivity index (χ4v) is 4.68. The van der Waals surface area contributed by atoms with E-state index in [0.29, 0.717) is 24.1 Å². The molecule has 31 heavy (non-hydrogen) atoms. The third kappa shape index (κ3) is 4.28. The maximum absolute atomic E-state index is 14.4. The summed E-state index contributed by atoms with van der Waals surface area (Å²) in [6.45, 7) is 0.237. The molecular weight excluding hydrogens is 461 g/mol. The summed E-state index contributed by atoms with van der Waals surface area (Å²) in [5.74, 6) is -2.06. The Labute approximate surface area is 185 Å². The molecule has 0 aliphatic heterocycles. The topological polar surface area (TPSA) is 60.2 Å². The molecule has 4 nitrogen and oxygen atoms in total. The first-order valence-corrected chi connectivity index (χ1v) is 10.1. The number of fused-ring (bicyclic) bond motifs is 1. The molecule has 0 saturated heterocycles. The van der Waals surface area contributed by atoms with Crippen LogP contribution in [-0.4, -0.2) is 23.4 Å². The average molecular weight is 478 g/mol. The van der Waals surface area contributed by atoms with Crippen LogP contribution in [0.3, 0.4) is 0 Å². The van der Waals surface area contributed by atoms with Crippen LogP contribution in [0.1, 0.15) is 52.7 Å². The Morgan fingerprint density at radius 1 is 1.23 bits per heavy atom. The number of hydrogen-bond donors (Lipinski definition) is 0. The molecule has 0 bridgehead atoms. The Hall–Kier alpha value is -2.19. The second-order valence-corrected chi connectivity index (χ2v) is 8.56. The van der Waals surface area contributed by atoms with Gasteiger partial charge >= 0.3 is 6.18 Å². The Morgan fingerprint density at radius 3 is 2.39 bits per heavy atom. The van der Waals surface area contributed by atoms with Crippen molar-refractivity contribution in [1.82, 2.24) is 0 Å². The van der Waals surface area contributed by atoms with Gasteiger partial charge in [0.15, 0.2) is 17.0 Å². The minimum absolute atomic E-state index is 0.0272. The van der Waals surface area contributed by atoms with Crippen molar-refractivity contribution in [1.29, 1.82) is 0 Å². The first-order chi connectivity index (χ1) is 14.4. The average Bonchev–Trinajstić information content (AvgIpc) is 3.05. The Kier molecular flexibility index (Phi) is 6.35. The van der Waals surface area contributed by atoms with E-state index in [1.54, 1.807) is 6.07 Å². The van der Waals surface area contributed by atoms with Crippen LogP contribution in [0.25, 0.3) is 0 Å². The molecule has 0 spiro atoms. The highest BCUT2D eigenvalue weighted by Crippen LogP contribution is 2.47. The summed E-state index contributed by atoms with van der Waals surface area (Å²) < 4.78 is 57.0. The van der Waals surface area contributed by atoms with E-state index in [1.807, 2.05) is 13.0 Å². The van der Waals surface area contributed by atoms with E-state index in [1.165, 1.54) is 6.07 Å². The van der Waals surface area contributed by atoms with Crippen LogP contribution < -0.4 is 0 Å². The molecule has 166 valence electrons. The first-order valence-electron chi connectivity index (χ1n) is 9.36. The van der Waals surface area contributed by atoms with Gasteiger partial charge in [-0.15, -0.1) is 0 Å². The highest BCUT2D eigenvalue weighted by molar-refractivity contribution is 6.35. The number of carbonyl (C=O) groups excluding carboxylic acids is 1. The van der Waals surface area contributed by atoms with Crippen molar-refractivity contribution < 1.29 is 27.3 Å². The van der Waals surface area contributed by atoms with Crippen molar-refractivity contribution in [2.75, 3.05) is 6.54 Å². The van der Waals surface area contributed by atoms with Crippen LogP contribution in [0.15, 0.2) is 30.3 Å². The van der Waals surface area contributed by atoms with Gasteiger partial charge < -0.3 is 0 Å². The maximum Gasteiger partial charge on any atom is 0.405 e. The third-order valence-corrected chi connectivity index (χ3v) is 6.33. The van der Waals surface area contributed by atoms with Gasteiger partial charge in [-0.25, -0.2) is 4.39 Å². The smallest absolute Gasteiger partial charge is 0.294 e. The monoisotopic (exact) mass is 477 g/mol. The lowest BCUT2D eigenvalue weighted by Crippen LogP contribution is -2.49. The Balaban J connectivity index is 2.18. The molecule has 1 aliphatic carbocycles.